The van der Waals surface area contributed by atoms with Crippen LogP contribution in [0.25, 0.3) is 0 Å². The molecule has 0 aromatic carbocycles. The number of hydrogen-bond donors (Lipinski definition) is 1. The lowest BCUT2D eigenvalue weighted by atomic mass is 10.1. The fourth-order valence-corrected chi connectivity index (χ4v) is 2.09. The molecule has 0 rings (SSSR count). The summed E-state index contributed by atoms with van der Waals surface area (Å²) in [5.74, 6) is 0. The summed E-state index contributed by atoms with van der Waals surface area (Å²) in [6.07, 6.45) is 18.9. The zero-order valence-electron chi connectivity index (χ0n) is 13.0. The Morgan fingerprint density at radius 1 is 0.684 bits per heavy atom. The smallest absolute Gasteiger partial charge is 0.0152 e. The van der Waals surface area contributed by atoms with Gasteiger partial charge in [0.2, 0.25) is 0 Å². The van der Waals surface area contributed by atoms with Crippen molar-refractivity contribution >= 4 is 11.3 Å². The minimum absolute atomic E-state index is 1.37. The van der Waals surface area contributed by atoms with Crippen molar-refractivity contribution in [1.29, 1.82) is 0 Å². The van der Waals surface area contributed by atoms with Gasteiger partial charge in [0.25, 0.3) is 0 Å². The first-order valence-electron chi connectivity index (χ1n) is 7.98. The summed E-state index contributed by atoms with van der Waals surface area (Å²) in [6, 6.07) is 0. The molecule has 0 saturated carbocycles. The summed E-state index contributed by atoms with van der Waals surface area (Å²) >= 11 is -2.36. The molecule has 0 aliphatic heterocycles. The van der Waals surface area contributed by atoms with Gasteiger partial charge in [0.05, 0.1) is 0 Å². The number of unbranched alkanes of at least 4 members (excludes halogenated alkanes) is 12. The fraction of sp³-hybridized carbons (Fsp3) is 1.00. The second kappa shape index (κ2) is 20.4. The molecule has 0 aromatic heterocycles. The second-order valence-electron chi connectivity index (χ2n) is 5.15. The second-order valence-corrected chi connectivity index (χ2v) is 5.67. The molecule has 0 fully saturated rings. The van der Waals surface area contributed by atoms with Gasteiger partial charge in [-0.15, -0.1) is 0 Å². The van der Waals surface area contributed by atoms with Crippen LogP contribution in [0.2, 0.25) is 0 Å². The van der Waals surface area contributed by atoms with E-state index in [1.54, 1.807) is 0 Å². The Balaban J connectivity index is 0. The van der Waals surface area contributed by atoms with E-state index in [0.717, 1.165) is 0 Å². The molecule has 0 aliphatic rings. The summed E-state index contributed by atoms with van der Waals surface area (Å²) in [5, 5.41) is 4.03. The molecule has 3 nitrogen and oxygen atoms in total. The molecule has 0 bridgehead atoms. The molecule has 0 spiro atoms. The zero-order chi connectivity index (χ0) is 14.8. The van der Waals surface area contributed by atoms with Crippen LogP contribution in [0.3, 0.4) is 0 Å². The van der Waals surface area contributed by atoms with Gasteiger partial charge in [0, 0.05) is 11.3 Å². The summed E-state index contributed by atoms with van der Waals surface area (Å²) < 4.78 is 17.6. The van der Waals surface area contributed by atoms with Crippen LogP contribution in [0, 0.1) is 0 Å². The molecule has 0 aromatic rings. The van der Waals surface area contributed by atoms with Crippen molar-refractivity contribution in [2.45, 2.75) is 97.3 Å². The molecular formula is C15H34NO2S-. The van der Waals surface area contributed by atoms with Crippen LogP contribution in [0.15, 0.2) is 0 Å². The first-order chi connectivity index (χ1) is 9.15. The Kier molecular flexibility index (Phi) is 22.9. The fourth-order valence-electron chi connectivity index (χ4n) is 2.09. The quantitative estimate of drug-likeness (QED) is 0.413. The van der Waals surface area contributed by atoms with E-state index < -0.39 is 11.3 Å². The Bertz CT molecular complexity index is 162. The van der Waals surface area contributed by atoms with Crippen LogP contribution in [0.5, 0.6) is 0 Å². The van der Waals surface area contributed by atoms with Crippen LogP contribution in [-0.4, -0.2) is 8.76 Å². The number of hydrogen-bond acceptors (Lipinski definition) is 2. The van der Waals surface area contributed by atoms with Crippen LogP contribution < -0.4 is 5.14 Å². The third-order valence-electron chi connectivity index (χ3n) is 3.21. The maximum atomic E-state index is 8.78. The monoisotopic (exact) mass is 292 g/mol. The van der Waals surface area contributed by atoms with E-state index in [1.807, 2.05) is 0 Å². The molecule has 0 aliphatic carbocycles. The average molecular weight is 293 g/mol. The van der Waals surface area contributed by atoms with E-state index in [4.69, 9.17) is 8.76 Å². The minimum atomic E-state index is -2.36. The molecule has 0 radical (unpaired) electrons. The Hall–Kier alpha value is 0.0700. The van der Waals surface area contributed by atoms with E-state index in [9.17, 15) is 0 Å². The van der Waals surface area contributed by atoms with E-state index in [-0.39, 0.29) is 0 Å². The highest BCUT2D eigenvalue weighted by molar-refractivity contribution is 7.76. The summed E-state index contributed by atoms with van der Waals surface area (Å²) in [5.41, 5.74) is 0. The highest BCUT2D eigenvalue weighted by Crippen LogP contribution is 2.12. The molecule has 19 heavy (non-hydrogen) atoms. The van der Waals surface area contributed by atoms with Crippen molar-refractivity contribution < 1.29 is 8.76 Å². The molecule has 118 valence electrons. The lowest BCUT2D eigenvalue weighted by molar-refractivity contribution is 0.539. The molecular weight excluding hydrogens is 258 g/mol. The first kappa shape index (κ1) is 21.4. The van der Waals surface area contributed by atoms with E-state index in [2.05, 4.69) is 19.0 Å². The van der Waals surface area contributed by atoms with E-state index >= 15 is 0 Å². The van der Waals surface area contributed by atoms with Gasteiger partial charge < -0.3 is 4.55 Å². The minimum Gasteiger partial charge on any atom is -0.760 e. The van der Waals surface area contributed by atoms with Gasteiger partial charge >= 0.3 is 0 Å². The Morgan fingerprint density at radius 3 is 1.00 bits per heavy atom. The van der Waals surface area contributed by atoms with Gasteiger partial charge in [0.15, 0.2) is 0 Å². The van der Waals surface area contributed by atoms with Gasteiger partial charge in [-0.2, -0.15) is 0 Å². The summed E-state index contributed by atoms with van der Waals surface area (Å²) in [7, 11) is 0. The highest BCUT2D eigenvalue weighted by Gasteiger charge is 1.92. The van der Waals surface area contributed by atoms with Crippen molar-refractivity contribution in [2.75, 3.05) is 0 Å². The topological polar surface area (TPSA) is 66.2 Å². The maximum Gasteiger partial charge on any atom is 0.0152 e. The van der Waals surface area contributed by atoms with Gasteiger partial charge in [0.1, 0.15) is 0 Å². The average Bonchev–Trinajstić information content (AvgIpc) is 2.35. The maximum absolute atomic E-state index is 8.78. The SMILES string of the molecule is CCCCCCCCCCCCCCC.NS(=O)[O-]. The largest absolute Gasteiger partial charge is 0.760 e. The van der Waals surface area contributed by atoms with Crippen molar-refractivity contribution in [3.63, 3.8) is 0 Å². The van der Waals surface area contributed by atoms with Crippen LogP contribution in [0.4, 0.5) is 0 Å². The third kappa shape index (κ3) is 32.0. The van der Waals surface area contributed by atoms with Gasteiger partial charge in [-0.05, 0) is 0 Å². The third-order valence-corrected chi connectivity index (χ3v) is 3.21. The molecule has 1 atom stereocenters. The molecule has 2 N–H and O–H groups in total. The molecule has 1 unspecified atom stereocenters. The molecule has 4 heteroatoms. The lowest BCUT2D eigenvalue weighted by Gasteiger charge is -2.01. The van der Waals surface area contributed by atoms with Gasteiger partial charge in [-0.25, -0.2) is 0 Å². The highest BCUT2D eigenvalue weighted by atomic mass is 32.2. The summed E-state index contributed by atoms with van der Waals surface area (Å²) in [4.78, 5) is 0. The van der Waals surface area contributed by atoms with E-state index in [0.29, 0.717) is 0 Å². The normalized spacial score (nSPS) is 11.8. The number of rotatable bonds is 12. The Labute approximate surface area is 123 Å². The van der Waals surface area contributed by atoms with Crippen molar-refractivity contribution in [2.24, 2.45) is 5.14 Å². The van der Waals surface area contributed by atoms with Crippen LogP contribution in [-0.2, 0) is 11.3 Å². The first-order valence-corrected chi connectivity index (χ1v) is 9.12. The molecule has 0 amide bonds. The predicted molar refractivity (Wildman–Crippen MR) is 84.5 cm³/mol. The van der Waals surface area contributed by atoms with Crippen LogP contribution in [0.1, 0.15) is 97.3 Å². The Morgan fingerprint density at radius 2 is 0.842 bits per heavy atom. The van der Waals surface area contributed by atoms with Crippen molar-refractivity contribution in [1.82, 2.24) is 0 Å². The van der Waals surface area contributed by atoms with Crippen molar-refractivity contribution in [3.05, 3.63) is 0 Å². The predicted octanol–water partition coefficient (Wildman–Crippen LogP) is 4.84. The van der Waals surface area contributed by atoms with Crippen molar-refractivity contribution in [3.8, 4) is 0 Å². The van der Waals surface area contributed by atoms with Crippen LogP contribution >= 0.6 is 0 Å². The standard InChI is InChI=1S/C15H32.H3NO2S/c1-3-5-7-9-11-13-15-14-12-10-8-6-4-2;1-4(2)3/h3-15H2,1-2H3;1H2,(H,2,3)/p-1. The van der Waals surface area contributed by atoms with Gasteiger partial charge in [-0.1, -0.05) is 97.3 Å². The molecule has 0 heterocycles. The summed E-state index contributed by atoms with van der Waals surface area (Å²) in [6.45, 7) is 4.58. The zero-order valence-corrected chi connectivity index (χ0v) is 13.8. The number of nitrogens with two attached hydrogens (primary N) is 1. The molecule has 0 saturated heterocycles. The lowest BCUT2D eigenvalue weighted by Crippen LogP contribution is -1.97. The van der Waals surface area contributed by atoms with Gasteiger partial charge in [-0.3, -0.25) is 9.35 Å². The van der Waals surface area contributed by atoms with E-state index in [1.165, 1.54) is 83.5 Å².